The first kappa shape index (κ1) is 18.1. The van der Waals surface area contributed by atoms with Crippen molar-refractivity contribution in [3.63, 3.8) is 0 Å². The van der Waals surface area contributed by atoms with Gasteiger partial charge in [-0.15, -0.1) is 0 Å². The molecule has 0 aromatic heterocycles. The highest BCUT2D eigenvalue weighted by molar-refractivity contribution is 5.97. The van der Waals surface area contributed by atoms with E-state index < -0.39 is 0 Å². The Morgan fingerprint density at radius 2 is 1.60 bits per heavy atom. The van der Waals surface area contributed by atoms with Gasteiger partial charge in [-0.1, -0.05) is 32.9 Å². The van der Waals surface area contributed by atoms with Gasteiger partial charge in [-0.3, -0.25) is 14.5 Å². The molecule has 1 aliphatic carbocycles. The van der Waals surface area contributed by atoms with Gasteiger partial charge in [-0.25, -0.2) is 0 Å². The van der Waals surface area contributed by atoms with E-state index in [4.69, 9.17) is 0 Å². The van der Waals surface area contributed by atoms with E-state index in [1.54, 1.807) is 0 Å². The van der Waals surface area contributed by atoms with Crippen molar-refractivity contribution in [2.75, 3.05) is 32.7 Å². The molecule has 1 aromatic rings. The standard InChI is InChI=1S/C21H30N2O2/c1-21(2,3)20(25)23-12-10-22(11-13-23)15-19(24)18-9-8-16-6-4-5-7-17(16)14-18/h8-9,14H,4-7,10-13,15H2,1-3H3. The van der Waals surface area contributed by atoms with Crippen LogP contribution in [0.3, 0.4) is 0 Å². The summed E-state index contributed by atoms with van der Waals surface area (Å²) >= 11 is 0. The van der Waals surface area contributed by atoms with Crippen molar-refractivity contribution in [2.45, 2.75) is 46.5 Å². The van der Waals surface area contributed by atoms with Crippen LogP contribution in [-0.4, -0.2) is 54.2 Å². The minimum absolute atomic E-state index is 0.198. The molecule has 0 saturated carbocycles. The minimum atomic E-state index is -0.332. The molecular weight excluding hydrogens is 312 g/mol. The Bertz CT molecular complexity index is 652. The molecule has 0 atom stereocenters. The number of benzene rings is 1. The van der Waals surface area contributed by atoms with E-state index in [0.29, 0.717) is 19.6 Å². The van der Waals surface area contributed by atoms with Crippen molar-refractivity contribution in [1.82, 2.24) is 9.80 Å². The second-order valence-corrected chi connectivity index (χ2v) is 8.43. The van der Waals surface area contributed by atoms with Gasteiger partial charge in [0.05, 0.1) is 6.54 Å². The molecule has 1 saturated heterocycles. The van der Waals surface area contributed by atoms with Crippen molar-refractivity contribution < 1.29 is 9.59 Å². The molecule has 0 N–H and O–H groups in total. The summed E-state index contributed by atoms with van der Waals surface area (Å²) in [6.45, 7) is 9.32. The normalized spacial score (nSPS) is 18.8. The number of Topliss-reactive ketones (excluding diaryl/α,β-unsaturated/α-hetero) is 1. The maximum absolute atomic E-state index is 12.7. The van der Waals surface area contributed by atoms with E-state index in [1.165, 1.54) is 24.0 Å². The fourth-order valence-corrected chi connectivity index (χ4v) is 3.78. The largest absolute Gasteiger partial charge is 0.340 e. The Hall–Kier alpha value is -1.68. The molecule has 1 amide bonds. The highest BCUT2D eigenvalue weighted by atomic mass is 16.2. The summed E-state index contributed by atoms with van der Waals surface area (Å²) in [5, 5.41) is 0. The molecule has 0 spiro atoms. The van der Waals surface area contributed by atoms with E-state index in [-0.39, 0.29) is 17.1 Å². The highest BCUT2D eigenvalue weighted by Crippen LogP contribution is 2.23. The lowest BCUT2D eigenvalue weighted by Crippen LogP contribution is -2.52. The number of fused-ring (bicyclic) bond motifs is 1. The second kappa shape index (κ2) is 7.28. The van der Waals surface area contributed by atoms with Crippen LogP contribution in [0.15, 0.2) is 18.2 Å². The van der Waals surface area contributed by atoms with E-state index in [0.717, 1.165) is 31.5 Å². The molecule has 4 nitrogen and oxygen atoms in total. The molecule has 4 heteroatoms. The summed E-state index contributed by atoms with van der Waals surface area (Å²) in [6, 6.07) is 6.24. The summed E-state index contributed by atoms with van der Waals surface area (Å²) in [7, 11) is 0. The van der Waals surface area contributed by atoms with Gasteiger partial charge in [-0.05, 0) is 42.9 Å². The molecule has 1 aromatic carbocycles. The van der Waals surface area contributed by atoms with Gasteiger partial charge >= 0.3 is 0 Å². The summed E-state index contributed by atoms with van der Waals surface area (Å²) < 4.78 is 0. The molecule has 25 heavy (non-hydrogen) atoms. The molecule has 136 valence electrons. The zero-order valence-electron chi connectivity index (χ0n) is 15.8. The average molecular weight is 342 g/mol. The Labute approximate surface area is 151 Å². The quantitative estimate of drug-likeness (QED) is 0.793. The molecule has 1 fully saturated rings. The molecule has 1 heterocycles. The number of aryl methyl sites for hydroxylation is 2. The molecular formula is C21H30N2O2. The molecule has 0 unspecified atom stereocenters. The number of rotatable bonds is 3. The van der Waals surface area contributed by atoms with Crippen LogP contribution in [0.1, 0.15) is 55.1 Å². The van der Waals surface area contributed by atoms with Crippen LogP contribution in [0.5, 0.6) is 0 Å². The number of ketones is 1. The van der Waals surface area contributed by atoms with Gasteiger partial charge in [0, 0.05) is 37.2 Å². The Morgan fingerprint density at radius 1 is 0.960 bits per heavy atom. The topological polar surface area (TPSA) is 40.6 Å². The molecule has 1 aliphatic heterocycles. The minimum Gasteiger partial charge on any atom is -0.340 e. The highest BCUT2D eigenvalue weighted by Gasteiger charge is 2.30. The van der Waals surface area contributed by atoms with E-state index in [1.807, 2.05) is 31.7 Å². The van der Waals surface area contributed by atoms with Crippen LogP contribution in [0.4, 0.5) is 0 Å². The number of hydrogen-bond acceptors (Lipinski definition) is 3. The first-order valence-corrected chi connectivity index (χ1v) is 9.51. The van der Waals surface area contributed by atoms with Crippen LogP contribution in [-0.2, 0) is 17.6 Å². The van der Waals surface area contributed by atoms with Gasteiger partial charge in [0.15, 0.2) is 5.78 Å². The number of hydrogen-bond donors (Lipinski definition) is 0. The summed E-state index contributed by atoms with van der Waals surface area (Å²) in [5.41, 5.74) is 3.28. The summed E-state index contributed by atoms with van der Waals surface area (Å²) in [5.74, 6) is 0.400. The molecule has 0 bridgehead atoms. The lowest BCUT2D eigenvalue weighted by atomic mass is 9.90. The van der Waals surface area contributed by atoms with Gasteiger partial charge in [0.25, 0.3) is 0 Å². The van der Waals surface area contributed by atoms with Gasteiger partial charge in [-0.2, -0.15) is 0 Å². The van der Waals surface area contributed by atoms with E-state index >= 15 is 0 Å². The monoisotopic (exact) mass is 342 g/mol. The van der Waals surface area contributed by atoms with Crippen molar-refractivity contribution in [3.05, 3.63) is 34.9 Å². The van der Waals surface area contributed by atoms with Gasteiger partial charge < -0.3 is 4.90 Å². The van der Waals surface area contributed by atoms with Crippen LogP contribution < -0.4 is 0 Å². The fraction of sp³-hybridized carbons (Fsp3) is 0.619. The molecule has 3 rings (SSSR count). The van der Waals surface area contributed by atoms with Gasteiger partial charge in [0.2, 0.25) is 5.91 Å². The van der Waals surface area contributed by atoms with Crippen LogP contribution in [0.2, 0.25) is 0 Å². The number of piperazine rings is 1. The maximum atomic E-state index is 12.7. The smallest absolute Gasteiger partial charge is 0.228 e. The fourth-order valence-electron chi connectivity index (χ4n) is 3.78. The molecule has 0 radical (unpaired) electrons. The predicted octanol–water partition coefficient (Wildman–Crippen LogP) is 2.94. The number of carbonyl (C=O) groups excluding carboxylic acids is 2. The van der Waals surface area contributed by atoms with Crippen molar-refractivity contribution in [1.29, 1.82) is 0 Å². The predicted molar refractivity (Wildman–Crippen MR) is 99.9 cm³/mol. The van der Waals surface area contributed by atoms with Crippen LogP contribution >= 0.6 is 0 Å². The zero-order valence-corrected chi connectivity index (χ0v) is 15.8. The first-order chi connectivity index (χ1) is 11.8. The summed E-state index contributed by atoms with van der Waals surface area (Å²) in [6.07, 6.45) is 4.74. The lowest BCUT2D eigenvalue weighted by molar-refractivity contribution is -0.141. The van der Waals surface area contributed by atoms with Crippen molar-refractivity contribution >= 4 is 11.7 Å². The zero-order chi connectivity index (χ0) is 18.0. The van der Waals surface area contributed by atoms with Gasteiger partial charge in [0.1, 0.15) is 0 Å². The first-order valence-electron chi connectivity index (χ1n) is 9.51. The van der Waals surface area contributed by atoms with Crippen molar-refractivity contribution in [2.24, 2.45) is 5.41 Å². The van der Waals surface area contributed by atoms with Crippen LogP contribution in [0.25, 0.3) is 0 Å². The Morgan fingerprint density at radius 3 is 2.24 bits per heavy atom. The lowest BCUT2D eigenvalue weighted by Gasteiger charge is -2.37. The third-order valence-electron chi connectivity index (χ3n) is 5.34. The molecule has 2 aliphatic rings. The van der Waals surface area contributed by atoms with E-state index in [2.05, 4.69) is 17.0 Å². The third-order valence-corrected chi connectivity index (χ3v) is 5.34. The Balaban J connectivity index is 1.55. The Kier molecular flexibility index (Phi) is 5.28. The average Bonchev–Trinajstić information content (AvgIpc) is 2.60. The second-order valence-electron chi connectivity index (χ2n) is 8.43. The SMILES string of the molecule is CC(C)(C)C(=O)N1CCN(CC(=O)c2ccc3c(c2)CCCC3)CC1. The van der Waals surface area contributed by atoms with E-state index in [9.17, 15) is 9.59 Å². The van der Waals surface area contributed by atoms with Crippen molar-refractivity contribution in [3.8, 4) is 0 Å². The number of carbonyl (C=O) groups is 2. The maximum Gasteiger partial charge on any atom is 0.228 e. The number of nitrogens with zero attached hydrogens (tertiary/aromatic N) is 2. The third kappa shape index (κ3) is 4.30. The summed E-state index contributed by atoms with van der Waals surface area (Å²) in [4.78, 5) is 29.1. The number of amides is 1. The van der Waals surface area contributed by atoms with Crippen LogP contribution in [0, 0.1) is 5.41 Å².